The van der Waals surface area contributed by atoms with Crippen molar-refractivity contribution < 1.29 is 9.63 Å². The topological polar surface area (TPSA) is 51.5 Å². The van der Waals surface area contributed by atoms with Gasteiger partial charge in [-0.2, -0.15) is 0 Å². The minimum absolute atomic E-state index is 0.360. The summed E-state index contributed by atoms with van der Waals surface area (Å²) in [5.41, 5.74) is 2.39. The predicted molar refractivity (Wildman–Crippen MR) is 98.2 cm³/mol. The average Bonchev–Trinajstić information content (AvgIpc) is 2.64. The maximum Gasteiger partial charge on any atom is 0.365 e. The zero-order chi connectivity index (χ0) is 17.6. The normalized spacial score (nSPS) is 11.2. The molecule has 4 nitrogen and oxygen atoms in total. The highest BCUT2D eigenvalue weighted by molar-refractivity contribution is 6.31. The van der Waals surface area contributed by atoms with Crippen LogP contribution < -0.4 is 0 Å². The number of aromatic nitrogens is 1. The van der Waals surface area contributed by atoms with Crippen LogP contribution in [0.25, 0.3) is 0 Å². The Balaban J connectivity index is 1.91. The Kier molecular flexibility index (Phi) is 5.43. The Morgan fingerprint density at radius 3 is 1.80 bits per heavy atom. The van der Waals surface area contributed by atoms with E-state index in [1.54, 1.807) is 73.1 Å². The third-order valence-electron chi connectivity index (χ3n) is 3.37. The summed E-state index contributed by atoms with van der Waals surface area (Å²) in [6.45, 7) is 0. The van der Waals surface area contributed by atoms with E-state index in [2.05, 4.69) is 10.1 Å². The number of rotatable bonds is 4. The quantitative estimate of drug-likeness (QED) is 0.369. The number of halogens is 2. The summed E-state index contributed by atoms with van der Waals surface area (Å²) in [7, 11) is 0. The molecule has 0 unspecified atom stereocenters. The summed E-state index contributed by atoms with van der Waals surface area (Å²) in [5, 5.41) is 5.20. The Bertz CT molecular complexity index is 893. The van der Waals surface area contributed by atoms with Gasteiger partial charge < -0.3 is 4.84 Å². The Labute approximate surface area is 154 Å². The van der Waals surface area contributed by atoms with E-state index >= 15 is 0 Å². The standard InChI is InChI=1S/C19H12Cl2N2O2/c20-16-5-1-13(2-6-16)18(14-9-11-22-12-10-14)23-25-19(24)15-3-7-17(21)8-4-15/h1-12H. The molecule has 0 N–H and O–H groups in total. The van der Waals surface area contributed by atoms with Crippen molar-refractivity contribution in [2.24, 2.45) is 5.16 Å². The van der Waals surface area contributed by atoms with Crippen LogP contribution >= 0.6 is 23.2 Å². The highest BCUT2D eigenvalue weighted by Crippen LogP contribution is 2.16. The summed E-state index contributed by atoms with van der Waals surface area (Å²) in [6, 6.07) is 17.0. The third-order valence-corrected chi connectivity index (χ3v) is 3.88. The molecular weight excluding hydrogens is 359 g/mol. The summed E-state index contributed by atoms with van der Waals surface area (Å²) in [6.07, 6.45) is 3.28. The van der Waals surface area contributed by atoms with Crippen LogP contribution in [0, 0.1) is 0 Å². The van der Waals surface area contributed by atoms with Gasteiger partial charge in [0.05, 0.1) is 5.56 Å². The smallest absolute Gasteiger partial charge is 0.312 e. The molecule has 0 aliphatic carbocycles. The van der Waals surface area contributed by atoms with Gasteiger partial charge in [-0.25, -0.2) is 4.79 Å². The fourth-order valence-corrected chi connectivity index (χ4v) is 2.37. The van der Waals surface area contributed by atoms with E-state index < -0.39 is 5.97 Å². The Hall–Kier alpha value is -2.69. The Morgan fingerprint density at radius 1 is 0.760 bits per heavy atom. The molecule has 1 aromatic heterocycles. The van der Waals surface area contributed by atoms with Crippen LogP contribution in [0.1, 0.15) is 21.5 Å². The van der Waals surface area contributed by atoms with E-state index in [9.17, 15) is 4.79 Å². The van der Waals surface area contributed by atoms with Crippen LogP contribution in [0.5, 0.6) is 0 Å². The number of hydrogen-bond acceptors (Lipinski definition) is 4. The molecule has 0 aliphatic rings. The SMILES string of the molecule is O=C(ON=C(c1ccncc1)c1ccc(Cl)cc1)c1ccc(Cl)cc1. The van der Waals surface area contributed by atoms with Gasteiger partial charge in [-0.3, -0.25) is 4.98 Å². The molecule has 3 aromatic rings. The zero-order valence-electron chi connectivity index (χ0n) is 12.9. The lowest BCUT2D eigenvalue weighted by molar-refractivity contribution is 0.0517. The fraction of sp³-hybridized carbons (Fsp3) is 0. The average molecular weight is 371 g/mol. The van der Waals surface area contributed by atoms with Crippen molar-refractivity contribution >= 4 is 34.9 Å². The second-order valence-corrected chi connectivity index (χ2v) is 5.94. The first-order chi connectivity index (χ1) is 12.1. The second kappa shape index (κ2) is 7.92. The van der Waals surface area contributed by atoms with Crippen LogP contribution in [0.2, 0.25) is 10.0 Å². The molecule has 0 bridgehead atoms. The lowest BCUT2D eigenvalue weighted by atomic mass is 10.0. The number of oxime groups is 1. The van der Waals surface area contributed by atoms with Gasteiger partial charge in [-0.1, -0.05) is 40.5 Å². The van der Waals surface area contributed by atoms with E-state index in [0.717, 1.165) is 11.1 Å². The molecule has 25 heavy (non-hydrogen) atoms. The number of carbonyl (C=O) groups excluding carboxylic acids is 1. The summed E-state index contributed by atoms with van der Waals surface area (Å²) in [5.74, 6) is -0.572. The molecule has 3 rings (SSSR count). The molecule has 124 valence electrons. The second-order valence-electron chi connectivity index (χ2n) is 5.07. The van der Waals surface area contributed by atoms with Gasteiger partial charge in [-0.15, -0.1) is 0 Å². The third kappa shape index (κ3) is 4.44. The van der Waals surface area contributed by atoms with Crippen LogP contribution in [0.3, 0.4) is 0 Å². The maximum atomic E-state index is 12.2. The monoisotopic (exact) mass is 370 g/mol. The first kappa shape index (κ1) is 17.1. The highest BCUT2D eigenvalue weighted by atomic mass is 35.5. The van der Waals surface area contributed by atoms with Crippen LogP contribution in [-0.2, 0) is 4.84 Å². The van der Waals surface area contributed by atoms with Gasteiger partial charge in [0.25, 0.3) is 0 Å². The molecule has 0 radical (unpaired) electrons. The van der Waals surface area contributed by atoms with E-state index in [1.165, 1.54) is 0 Å². The molecule has 0 amide bonds. The first-order valence-electron chi connectivity index (χ1n) is 7.35. The zero-order valence-corrected chi connectivity index (χ0v) is 14.4. The molecule has 0 fully saturated rings. The van der Waals surface area contributed by atoms with Crippen LogP contribution in [0.15, 0.2) is 78.2 Å². The summed E-state index contributed by atoms with van der Waals surface area (Å²) in [4.78, 5) is 21.3. The van der Waals surface area contributed by atoms with Crippen molar-refractivity contribution in [1.29, 1.82) is 0 Å². The number of benzene rings is 2. The van der Waals surface area contributed by atoms with E-state index in [0.29, 0.717) is 21.3 Å². The largest absolute Gasteiger partial charge is 0.365 e. The van der Waals surface area contributed by atoms with E-state index in [-0.39, 0.29) is 0 Å². The van der Waals surface area contributed by atoms with Crippen molar-refractivity contribution in [2.45, 2.75) is 0 Å². The number of hydrogen-bond donors (Lipinski definition) is 0. The van der Waals surface area contributed by atoms with Crippen molar-refractivity contribution in [3.05, 3.63) is 99.8 Å². The molecule has 6 heteroatoms. The van der Waals surface area contributed by atoms with Crippen LogP contribution in [-0.4, -0.2) is 16.7 Å². The highest BCUT2D eigenvalue weighted by Gasteiger charge is 2.11. The predicted octanol–water partition coefficient (Wildman–Crippen LogP) is 5.00. The van der Waals surface area contributed by atoms with Crippen molar-refractivity contribution in [3.63, 3.8) is 0 Å². The molecule has 0 saturated carbocycles. The summed E-state index contributed by atoms with van der Waals surface area (Å²) < 4.78 is 0. The van der Waals surface area contributed by atoms with Gasteiger partial charge in [0, 0.05) is 33.6 Å². The molecule has 0 spiro atoms. The van der Waals surface area contributed by atoms with Crippen molar-refractivity contribution in [1.82, 2.24) is 4.98 Å². The minimum Gasteiger partial charge on any atom is -0.312 e. The van der Waals surface area contributed by atoms with Gasteiger partial charge in [-0.05, 0) is 48.5 Å². The molecule has 0 saturated heterocycles. The van der Waals surface area contributed by atoms with Gasteiger partial charge >= 0.3 is 5.97 Å². The number of carbonyl (C=O) groups is 1. The molecule has 2 aromatic carbocycles. The van der Waals surface area contributed by atoms with Gasteiger partial charge in [0.2, 0.25) is 0 Å². The Morgan fingerprint density at radius 2 is 1.24 bits per heavy atom. The van der Waals surface area contributed by atoms with Crippen molar-refractivity contribution in [3.8, 4) is 0 Å². The van der Waals surface area contributed by atoms with Gasteiger partial charge in [0.1, 0.15) is 5.71 Å². The molecule has 0 aliphatic heterocycles. The maximum absolute atomic E-state index is 12.2. The lowest BCUT2D eigenvalue weighted by Crippen LogP contribution is -2.08. The fourth-order valence-electron chi connectivity index (χ4n) is 2.12. The number of nitrogens with zero attached hydrogens (tertiary/aromatic N) is 2. The van der Waals surface area contributed by atoms with Crippen molar-refractivity contribution in [2.75, 3.05) is 0 Å². The first-order valence-corrected chi connectivity index (χ1v) is 8.10. The summed E-state index contributed by atoms with van der Waals surface area (Å²) >= 11 is 11.8. The lowest BCUT2D eigenvalue weighted by Gasteiger charge is -2.07. The van der Waals surface area contributed by atoms with E-state index in [4.69, 9.17) is 28.0 Å². The van der Waals surface area contributed by atoms with E-state index in [1.807, 2.05) is 0 Å². The number of pyridine rings is 1. The van der Waals surface area contributed by atoms with Gasteiger partial charge in [0.15, 0.2) is 0 Å². The molecule has 1 heterocycles. The molecular formula is C19H12Cl2N2O2. The minimum atomic E-state index is -0.572. The van der Waals surface area contributed by atoms with Crippen LogP contribution in [0.4, 0.5) is 0 Å². The molecule has 0 atom stereocenters.